The van der Waals surface area contributed by atoms with Gasteiger partial charge < -0.3 is 14.0 Å². The van der Waals surface area contributed by atoms with E-state index in [1.165, 1.54) is 0 Å². The van der Waals surface area contributed by atoms with Gasteiger partial charge in [-0.2, -0.15) is 4.98 Å². The lowest BCUT2D eigenvalue weighted by atomic mass is 10.1. The van der Waals surface area contributed by atoms with Crippen molar-refractivity contribution in [3.05, 3.63) is 41.3 Å². The maximum atomic E-state index is 6.01. The van der Waals surface area contributed by atoms with Crippen LogP contribution in [0.25, 0.3) is 11.6 Å². The molecule has 1 aliphatic rings. The van der Waals surface area contributed by atoms with Gasteiger partial charge in [0.2, 0.25) is 0 Å². The highest BCUT2D eigenvalue weighted by atomic mass is 16.5. The fourth-order valence-electron chi connectivity index (χ4n) is 2.87. The average molecular weight is 341 g/mol. The number of fused-ring (bicyclic) bond motifs is 1. The largest absolute Gasteiger partial charge is 0.497 e. The van der Waals surface area contributed by atoms with Gasteiger partial charge in [-0.1, -0.05) is 29.4 Å². The van der Waals surface area contributed by atoms with Crippen LogP contribution in [0.2, 0.25) is 0 Å². The fourth-order valence-corrected chi connectivity index (χ4v) is 2.87. The Balaban J connectivity index is 1.55. The van der Waals surface area contributed by atoms with Crippen LogP contribution >= 0.6 is 0 Å². The Morgan fingerprint density at radius 1 is 1.28 bits per heavy atom. The Hall–Kier alpha value is -2.74. The predicted molar refractivity (Wildman–Crippen MR) is 87.8 cm³/mol. The normalized spacial score (nSPS) is 16.6. The molecule has 0 amide bonds. The van der Waals surface area contributed by atoms with Crippen molar-refractivity contribution in [3.63, 3.8) is 0 Å². The van der Waals surface area contributed by atoms with E-state index in [1.807, 2.05) is 28.9 Å². The van der Waals surface area contributed by atoms with Gasteiger partial charge in [-0.15, -0.1) is 5.10 Å². The summed E-state index contributed by atoms with van der Waals surface area (Å²) in [7, 11) is 1.65. The number of methoxy groups -OCH3 is 1. The second-order valence-electron chi connectivity index (χ2n) is 5.91. The van der Waals surface area contributed by atoms with Crippen molar-refractivity contribution in [1.82, 2.24) is 25.1 Å². The van der Waals surface area contributed by atoms with Gasteiger partial charge in [-0.25, -0.2) is 4.68 Å². The summed E-state index contributed by atoms with van der Waals surface area (Å²) in [4.78, 5) is 4.38. The van der Waals surface area contributed by atoms with E-state index in [0.29, 0.717) is 30.6 Å². The third kappa shape index (κ3) is 3.00. The average Bonchev–Trinajstić information content (AvgIpc) is 3.28. The molecular formula is C17H19N5O3. The van der Waals surface area contributed by atoms with Crippen LogP contribution in [0.4, 0.5) is 0 Å². The van der Waals surface area contributed by atoms with Crippen molar-refractivity contribution in [2.45, 2.75) is 39.0 Å². The zero-order chi connectivity index (χ0) is 17.2. The molecule has 0 saturated heterocycles. The lowest BCUT2D eigenvalue weighted by Crippen LogP contribution is -2.22. The van der Waals surface area contributed by atoms with Gasteiger partial charge in [0.05, 0.1) is 26.0 Å². The molecule has 1 aliphatic heterocycles. The summed E-state index contributed by atoms with van der Waals surface area (Å²) in [5.74, 6) is 1.91. The summed E-state index contributed by atoms with van der Waals surface area (Å²) in [6, 6.07) is 7.85. The molecule has 130 valence electrons. The van der Waals surface area contributed by atoms with Crippen LogP contribution in [0.5, 0.6) is 5.75 Å². The Labute approximate surface area is 144 Å². The molecule has 8 nitrogen and oxygen atoms in total. The standard InChI is InChI=1S/C17H19N5O3/c1-3-4-15-18-17(25-20-15)16-13-10-24-14(9-22(13)21-19-16)11-5-7-12(23-2)8-6-11/h5-8,14H,3-4,9-10H2,1-2H3. The molecule has 0 bridgehead atoms. The Morgan fingerprint density at radius 2 is 2.12 bits per heavy atom. The molecule has 3 heterocycles. The van der Waals surface area contributed by atoms with Gasteiger partial charge in [0, 0.05) is 6.42 Å². The minimum atomic E-state index is -0.0775. The molecule has 8 heteroatoms. The topological polar surface area (TPSA) is 88.1 Å². The zero-order valence-electron chi connectivity index (χ0n) is 14.2. The van der Waals surface area contributed by atoms with E-state index in [-0.39, 0.29) is 6.10 Å². The number of ether oxygens (including phenoxy) is 2. The zero-order valence-corrected chi connectivity index (χ0v) is 14.2. The van der Waals surface area contributed by atoms with Crippen molar-refractivity contribution in [3.8, 4) is 17.3 Å². The van der Waals surface area contributed by atoms with Crippen molar-refractivity contribution in [2.24, 2.45) is 0 Å². The summed E-state index contributed by atoms with van der Waals surface area (Å²) < 4.78 is 18.4. The molecule has 0 radical (unpaired) electrons. The summed E-state index contributed by atoms with van der Waals surface area (Å²) in [6.45, 7) is 3.05. The summed E-state index contributed by atoms with van der Waals surface area (Å²) in [6.07, 6.45) is 1.67. The van der Waals surface area contributed by atoms with Crippen LogP contribution in [0.15, 0.2) is 28.8 Å². The van der Waals surface area contributed by atoms with Crippen LogP contribution in [0.3, 0.4) is 0 Å². The molecule has 0 aliphatic carbocycles. The third-order valence-electron chi connectivity index (χ3n) is 4.23. The Bertz CT molecular complexity index is 856. The fraction of sp³-hybridized carbons (Fsp3) is 0.412. The van der Waals surface area contributed by atoms with E-state index >= 15 is 0 Å². The highest BCUT2D eigenvalue weighted by molar-refractivity contribution is 5.49. The molecule has 1 aromatic carbocycles. The van der Waals surface area contributed by atoms with Crippen LogP contribution in [-0.2, 0) is 24.3 Å². The second-order valence-corrected chi connectivity index (χ2v) is 5.91. The van der Waals surface area contributed by atoms with E-state index in [9.17, 15) is 0 Å². The molecule has 2 aromatic heterocycles. The molecular weight excluding hydrogens is 322 g/mol. The number of benzene rings is 1. The van der Waals surface area contributed by atoms with E-state index < -0.39 is 0 Å². The van der Waals surface area contributed by atoms with Crippen LogP contribution in [-0.4, -0.2) is 32.2 Å². The first-order valence-corrected chi connectivity index (χ1v) is 8.29. The highest BCUT2D eigenvalue weighted by Crippen LogP contribution is 2.30. The van der Waals surface area contributed by atoms with Gasteiger partial charge in [0.25, 0.3) is 5.89 Å². The lowest BCUT2D eigenvalue weighted by molar-refractivity contribution is -0.00119. The van der Waals surface area contributed by atoms with Gasteiger partial charge >= 0.3 is 0 Å². The maximum absolute atomic E-state index is 6.01. The quantitative estimate of drug-likeness (QED) is 0.704. The van der Waals surface area contributed by atoms with E-state index in [4.69, 9.17) is 14.0 Å². The van der Waals surface area contributed by atoms with E-state index in [0.717, 1.165) is 29.8 Å². The molecule has 0 saturated carbocycles. The molecule has 25 heavy (non-hydrogen) atoms. The number of aryl methyl sites for hydroxylation is 1. The van der Waals surface area contributed by atoms with Crippen molar-refractivity contribution in [1.29, 1.82) is 0 Å². The van der Waals surface area contributed by atoms with Gasteiger partial charge in [0.1, 0.15) is 11.9 Å². The lowest BCUT2D eigenvalue weighted by Gasteiger charge is -2.24. The second kappa shape index (κ2) is 6.64. The predicted octanol–water partition coefficient (Wildman–Crippen LogP) is 2.56. The SMILES string of the molecule is CCCc1noc(-c2nnn3c2COC(c2ccc(OC)cc2)C3)n1. The first kappa shape index (κ1) is 15.8. The number of hydrogen-bond acceptors (Lipinski definition) is 7. The number of aromatic nitrogens is 5. The third-order valence-corrected chi connectivity index (χ3v) is 4.23. The highest BCUT2D eigenvalue weighted by Gasteiger charge is 2.27. The van der Waals surface area contributed by atoms with Crippen molar-refractivity contribution < 1.29 is 14.0 Å². The summed E-state index contributed by atoms with van der Waals surface area (Å²) in [5.41, 5.74) is 2.53. The van der Waals surface area contributed by atoms with Gasteiger partial charge in [0.15, 0.2) is 11.5 Å². The molecule has 3 aromatic rings. The first-order valence-electron chi connectivity index (χ1n) is 8.29. The van der Waals surface area contributed by atoms with E-state index in [1.54, 1.807) is 7.11 Å². The minimum absolute atomic E-state index is 0.0775. The van der Waals surface area contributed by atoms with Crippen molar-refractivity contribution >= 4 is 0 Å². The Morgan fingerprint density at radius 3 is 2.88 bits per heavy atom. The molecule has 0 N–H and O–H groups in total. The molecule has 4 rings (SSSR count). The van der Waals surface area contributed by atoms with Crippen LogP contribution in [0, 0.1) is 0 Å². The van der Waals surface area contributed by atoms with Crippen LogP contribution < -0.4 is 4.74 Å². The van der Waals surface area contributed by atoms with Crippen molar-refractivity contribution in [2.75, 3.05) is 7.11 Å². The number of rotatable bonds is 5. The Kier molecular flexibility index (Phi) is 4.19. The number of hydrogen-bond donors (Lipinski definition) is 0. The molecule has 0 fully saturated rings. The van der Waals surface area contributed by atoms with Gasteiger partial charge in [-0.3, -0.25) is 0 Å². The molecule has 1 unspecified atom stereocenters. The number of nitrogens with zero attached hydrogens (tertiary/aromatic N) is 5. The summed E-state index contributed by atoms with van der Waals surface area (Å²) in [5, 5.41) is 12.4. The minimum Gasteiger partial charge on any atom is -0.497 e. The van der Waals surface area contributed by atoms with E-state index in [2.05, 4.69) is 27.4 Å². The molecule has 0 spiro atoms. The summed E-state index contributed by atoms with van der Waals surface area (Å²) >= 11 is 0. The van der Waals surface area contributed by atoms with Gasteiger partial charge in [-0.05, 0) is 24.1 Å². The monoisotopic (exact) mass is 341 g/mol. The smallest absolute Gasteiger partial charge is 0.280 e. The first-order chi connectivity index (χ1) is 12.3. The maximum Gasteiger partial charge on any atom is 0.280 e. The van der Waals surface area contributed by atoms with Crippen LogP contribution in [0.1, 0.15) is 36.5 Å². The molecule has 1 atom stereocenters.